The van der Waals surface area contributed by atoms with E-state index in [2.05, 4.69) is 5.32 Å². The Morgan fingerprint density at radius 2 is 1.66 bits per heavy atom. The van der Waals surface area contributed by atoms with Gasteiger partial charge in [0, 0.05) is 17.2 Å². The molecule has 0 fully saturated rings. The van der Waals surface area contributed by atoms with Crippen LogP contribution < -0.4 is 10.1 Å². The highest BCUT2D eigenvalue weighted by atomic mass is 16.5. The van der Waals surface area contributed by atoms with Crippen LogP contribution in [0.1, 0.15) is 35.3 Å². The van der Waals surface area contributed by atoms with Crippen LogP contribution in [0.5, 0.6) is 5.75 Å². The maximum Gasteiger partial charge on any atom is 0.256 e. The van der Waals surface area contributed by atoms with E-state index >= 15 is 0 Å². The fourth-order valence-electron chi connectivity index (χ4n) is 3.81. The Kier molecular flexibility index (Phi) is 6.56. The summed E-state index contributed by atoms with van der Waals surface area (Å²) >= 11 is 0. The molecule has 4 rings (SSSR count). The number of carbonyl (C=O) groups is 1. The maximum absolute atomic E-state index is 13.7. The standard InChI is InChI=1S/C27H25N3O2/c1-2-22(19-11-5-3-6-12-19)30-27(31)24-21-15-9-10-16-23(21)29-25(26(24)32-18-17-28)20-13-7-4-8-14-20/h3-17,22,28H,2,18H2,1H3,(H,30,31). The molecule has 32 heavy (non-hydrogen) atoms. The van der Waals surface area contributed by atoms with Crippen LogP contribution in [0.4, 0.5) is 0 Å². The monoisotopic (exact) mass is 423 g/mol. The van der Waals surface area contributed by atoms with Crippen molar-refractivity contribution >= 4 is 23.0 Å². The van der Waals surface area contributed by atoms with E-state index in [0.29, 0.717) is 27.9 Å². The number of ether oxygens (including phenoxy) is 1. The van der Waals surface area contributed by atoms with Crippen molar-refractivity contribution < 1.29 is 9.53 Å². The van der Waals surface area contributed by atoms with Gasteiger partial charge in [0.15, 0.2) is 5.75 Å². The predicted octanol–water partition coefficient (Wildman–Crippen LogP) is 5.81. The number of benzene rings is 3. The first-order chi connectivity index (χ1) is 15.7. The topological polar surface area (TPSA) is 75.1 Å². The first kappa shape index (κ1) is 21.2. The third-order valence-corrected chi connectivity index (χ3v) is 5.35. The summed E-state index contributed by atoms with van der Waals surface area (Å²) in [7, 11) is 0. The molecule has 0 aliphatic heterocycles. The van der Waals surface area contributed by atoms with Crippen LogP contribution in [0.15, 0.2) is 84.9 Å². The summed E-state index contributed by atoms with van der Waals surface area (Å²) in [5, 5.41) is 11.4. The summed E-state index contributed by atoms with van der Waals surface area (Å²) in [5.74, 6) is 0.162. The van der Waals surface area contributed by atoms with Crippen molar-refractivity contribution in [3.8, 4) is 17.0 Å². The first-order valence-electron chi connectivity index (χ1n) is 10.7. The van der Waals surface area contributed by atoms with Gasteiger partial charge in [-0.25, -0.2) is 4.98 Å². The molecular formula is C27H25N3O2. The lowest BCUT2D eigenvalue weighted by Gasteiger charge is -2.21. The average molecular weight is 424 g/mol. The minimum absolute atomic E-state index is 0.0516. The molecule has 0 bridgehead atoms. The van der Waals surface area contributed by atoms with Crippen molar-refractivity contribution in [1.29, 1.82) is 5.41 Å². The molecule has 0 radical (unpaired) electrons. The fourth-order valence-corrected chi connectivity index (χ4v) is 3.81. The number of nitrogens with zero attached hydrogens (tertiary/aromatic N) is 1. The van der Waals surface area contributed by atoms with Crippen molar-refractivity contribution in [2.45, 2.75) is 19.4 Å². The summed E-state index contributed by atoms with van der Waals surface area (Å²) in [5.41, 5.74) is 3.63. The van der Waals surface area contributed by atoms with Crippen LogP contribution in [0.2, 0.25) is 0 Å². The zero-order valence-corrected chi connectivity index (χ0v) is 17.9. The molecule has 0 saturated heterocycles. The van der Waals surface area contributed by atoms with Crippen LogP contribution in [0, 0.1) is 5.41 Å². The van der Waals surface area contributed by atoms with Gasteiger partial charge in [0.1, 0.15) is 12.3 Å². The van der Waals surface area contributed by atoms with E-state index < -0.39 is 0 Å². The second-order valence-corrected chi connectivity index (χ2v) is 7.41. The van der Waals surface area contributed by atoms with Gasteiger partial charge in [0.2, 0.25) is 0 Å². The minimum Gasteiger partial charge on any atom is -0.485 e. The Morgan fingerprint density at radius 3 is 2.34 bits per heavy atom. The summed E-state index contributed by atoms with van der Waals surface area (Å²) in [6, 6.07) is 27.0. The Morgan fingerprint density at radius 1 is 1.00 bits per heavy atom. The molecule has 160 valence electrons. The lowest BCUT2D eigenvalue weighted by Crippen LogP contribution is -2.29. The SMILES string of the molecule is CCC(NC(=O)c1c(OCC=N)c(-c2ccccc2)nc2ccccc12)c1ccccc1. The maximum atomic E-state index is 13.7. The van der Waals surface area contributed by atoms with E-state index in [0.717, 1.165) is 17.5 Å². The molecule has 0 saturated carbocycles. The van der Waals surface area contributed by atoms with Crippen LogP contribution >= 0.6 is 0 Å². The number of fused-ring (bicyclic) bond motifs is 1. The molecule has 1 aromatic heterocycles. The highest BCUT2D eigenvalue weighted by Crippen LogP contribution is 2.36. The smallest absolute Gasteiger partial charge is 0.256 e. The molecule has 2 N–H and O–H groups in total. The highest BCUT2D eigenvalue weighted by molar-refractivity contribution is 6.10. The van der Waals surface area contributed by atoms with Crippen LogP contribution in [-0.4, -0.2) is 23.7 Å². The van der Waals surface area contributed by atoms with Crippen LogP contribution in [-0.2, 0) is 0 Å². The quantitative estimate of drug-likeness (QED) is 0.351. The molecule has 1 atom stereocenters. The molecule has 1 heterocycles. The number of carbonyl (C=O) groups excluding carboxylic acids is 1. The molecule has 1 amide bonds. The number of nitrogens with one attached hydrogen (secondary N) is 2. The van der Waals surface area contributed by atoms with Gasteiger partial charge in [0.05, 0.1) is 17.1 Å². The van der Waals surface area contributed by atoms with E-state index in [9.17, 15) is 4.79 Å². The predicted molar refractivity (Wildman–Crippen MR) is 128 cm³/mol. The number of aromatic nitrogens is 1. The first-order valence-corrected chi connectivity index (χ1v) is 10.7. The van der Waals surface area contributed by atoms with Crippen molar-refractivity contribution in [3.05, 3.63) is 96.1 Å². The van der Waals surface area contributed by atoms with Crippen molar-refractivity contribution in [3.63, 3.8) is 0 Å². The van der Waals surface area contributed by atoms with Gasteiger partial charge in [-0.15, -0.1) is 0 Å². The van der Waals surface area contributed by atoms with E-state index in [-0.39, 0.29) is 18.6 Å². The summed E-state index contributed by atoms with van der Waals surface area (Å²) in [6.45, 7) is 2.10. The van der Waals surface area contributed by atoms with Crippen molar-refractivity contribution in [2.75, 3.05) is 6.61 Å². The summed E-state index contributed by atoms with van der Waals surface area (Å²) < 4.78 is 5.96. The Labute approximate surface area is 187 Å². The number of hydrogen-bond acceptors (Lipinski definition) is 4. The molecule has 0 aliphatic carbocycles. The number of hydrogen-bond donors (Lipinski definition) is 2. The summed E-state index contributed by atoms with van der Waals surface area (Å²) in [6.07, 6.45) is 1.92. The van der Waals surface area contributed by atoms with Gasteiger partial charge in [-0.2, -0.15) is 0 Å². The van der Waals surface area contributed by atoms with E-state index in [4.69, 9.17) is 15.1 Å². The van der Waals surface area contributed by atoms with E-state index in [1.165, 1.54) is 6.21 Å². The summed E-state index contributed by atoms with van der Waals surface area (Å²) in [4.78, 5) is 18.5. The minimum atomic E-state index is -0.225. The molecule has 4 aromatic rings. The fraction of sp³-hybridized carbons (Fsp3) is 0.148. The highest BCUT2D eigenvalue weighted by Gasteiger charge is 2.25. The number of para-hydroxylation sites is 1. The van der Waals surface area contributed by atoms with Gasteiger partial charge >= 0.3 is 0 Å². The zero-order valence-electron chi connectivity index (χ0n) is 17.9. The number of rotatable bonds is 8. The van der Waals surface area contributed by atoms with Gasteiger partial charge in [-0.3, -0.25) is 4.79 Å². The number of pyridine rings is 1. The van der Waals surface area contributed by atoms with Gasteiger partial charge in [-0.05, 0) is 18.1 Å². The normalized spacial score (nSPS) is 11.7. The molecule has 5 heteroatoms. The second kappa shape index (κ2) is 9.88. The lowest BCUT2D eigenvalue weighted by atomic mass is 10.00. The van der Waals surface area contributed by atoms with Crippen LogP contribution in [0.25, 0.3) is 22.2 Å². The third kappa shape index (κ3) is 4.37. The Balaban J connectivity index is 1.88. The second-order valence-electron chi connectivity index (χ2n) is 7.41. The molecule has 0 aliphatic rings. The van der Waals surface area contributed by atoms with Gasteiger partial charge < -0.3 is 15.5 Å². The Bertz CT molecular complexity index is 1220. The van der Waals surface area contributed by atoms with Gasteiger partial charge in [0.25, 0.3) is 5.91 Å². The third-order valence-electron chi connectivity index (χ3n) is 5.35. The zero-order chi connectivity index (χ0) is 22.3. The molecular weight excluding hydrogens is 398 g/mol. The van der Waals surface area contributed by atoms with Crippen LogP contribution in [0.3, 0.4) is 0 Å². The Hall–Kier alpha value is -3.99. The molecule has 5 nitrogen and oxygen atoms in total. The lowest BCUT2D eigenvalue weighted by molar-refractivity contribution is 0.0934. The number of amides is 1. The molecule has 1 unspecified atom stereocenters. The average Bonchev–Trinajstić information content (AvgIpc) is 2.86. The van der Waals surface area contributed by atoms with Gasteiger partial charge in [-0.1, -0.05) is 85.8 Å². The molecule has 0 spiro atoms. The molecule has 3 aromatic carbocycles. The van der Waals surface area contributed by atoms with E-state index in [1.807, 2.05) is 91.9 Å². The van der Waals surface area contributed by atoms with Crippen molar-refractivity contribution in [2.24, 2.45) is 0 Å². The largest absolute Gasteiger partial charge is 0.485 e. The van der Waals surface area contributed by atoms with E-state index in [1.54, 1.807) is 0 Å². The van der Waals surface area contributed by atoms with Crippen molar-refractivity contribution in [1.82, 2.24) is 10.3 Å².